The highest BCUT2D eigenvalue weighted by molar-refractivity contribution is 6.11. The van der Waals surface area contributed by atoms with Crippen LogP contribution in [0.2, 0.25) is 0 Å². The maximum atomic E-state index is 9.18. The van der Waals surface area contributed by atoms with Gasteiger partial charge >= 0.3 is 0 Å². The lowest BCUT2D eigenvalue weighted by Gasteiger charge is -2.45. The number of benzene rings is 9. The lowest BCUT2D eigenvalue weighted by Crippen LogP contribution is -2.36. The molecule has 3 nitrogen and oxygen atoms in total. The molecule has 0 amide bonds. The zero-order valence-electron chi connectivity index (χ0n) is 34.0. The van der Waals surface area contributed by atoms with E-state index in [0.717, 1.165) is 50.3 Å². The molecule has 0 radical (unpaired) electrons. The summed E-state index contributed by atoms with van der Waals surface area (Å²) in [7, 11) is 0. The smallest absolute Gasteiger partial charge is 0.0754 e. The Balaban J connectivity index is 1.00. The Hall–Kier alpha value is -8.14. The van der Waals surface area contributed by atoms with Gasteiger partial charge in [0.15, 0.2) is 0 Å². The summed E-state index contributed by atoms with van der Waals surface area (Å²) in [6, 6.07) is 81.9. The minimum Gasteiger partial charge on any atom is -0.310 e. The molecule has 0 fully saturated rings. The summed E-state index contributed by atoms with van der Waals surface area (Å²) < 4.78 is 0. The Morgan fingerprint density at radius 2 is 0.903 bits per heavy atom. The SMILES string of the molecule is N=C(/C=C(\N=Cc1ccccc1)c1ccc(-c2ccc3c(c2)C2(c4ccccc4-3)c3ccccc3N(c3ccccc3)c3ccccc32)cc1)c1ccc(-c2ccccc2)cc1. The van der Waals surface area contributed by atoms with Crippen LogP contribution in [0.3, 0.4) is 0 Å². The monoisotopic (exact) mass is 791 g/mol. The lowest BCUT2D eigenvalue weighted by molar-refractivity contribution is 0.753. The van der Waals surface area contributed by atoms with Crippen LogP contribution < -0.4 is 4.90 Å². The molecule has 9 aromatic carbocycles. The van der Waals surface area contributed by atoms with Gasteiger partial charge in [0.25, 0.3) is 0 Å². The van der Waals surface area contributed by atoms with Crippen LogP contribution in [0.1, 0.15) is 38.9 Å². The Labute approximate surface area is 362 Å². The molecule has 1 N–H and O–H groups in total. The normalized spacial score (nSPS) is 13.4. The van der Waals surface area contributed by atoms with Gasteiger partial charge in [0.1, 0.15) is 0 Å². The third kappa shape index (κ3) is 6.22. The van der Waals surface area contributed by atoms with Gasteiger partial charge in [-0.1, -0.05) is 200 Å². The van der Waals surface area contributed by atoms with Crippen molar-refractivity contribution in [3.63, 3.8) is 0 Å². The van der Waals surface area contributed by atoms with Crippen molar-refractivity contribution in [2.24, 2.45) is 4.99 Å². The van der Waals surface area contributed by atoms with Crippen LogP contribution in [0.4, 0.5) is 17.1 Å². The van der Waals surface area contributed by atoms with Crippen molar-refractivity contribution in [1.82, 2.24) is 0 Å². The molecule has 0 unspecified atom stereocenters. The maximum Gasteiger partial charge on any atom is 0.0754 e. The van der Waals surface area contributed by atoms with Gasteiger partial charge in [-0.05, 0) is 103 Å². The second-order valence-electron chi connectivity index (χ2n) is 15.9. The number of fused-ring (bicyclic) bond motifs is 9. The van der Waals surface area contributed by atoms with E-state index < -0.39 is 5.41 Å². The van der Waals surface area contributed by atoms with Gasteiger partial charge in [-0.2, -0.15) is 0 Å². The molecule has 11 rings (SSSR count). The predicted molar refractivity (Wildman–Crippen MR) is 258 cm³/mol. The van der Waals surface area contributed by atoms with Gasteiger partial charge in [-0.3, -0.25) is 4.99 Å². The largest absolute Gasteiger partial charge is 0.310 e. The standard InChI is InChI=1S/C59H41N3/c60-55(45-32-28-43(29-33-45)42-18-6-2-7-19-42)39-56(61-40-41-16-4-1-5-17-41)46-34-30-44(31-35-46)47-36-37-50-49-22-10-11-23-51(49)59(54(50)38-47)52-24-12-14-26-57(52)62(48-20-8-3-9-21-48)58-27-15-13-25-53(58)59/h1-40,60H/b56-39-,60-55?,61-40?. The highest BCUT2D eigenvalue weighted by Gasteiger charge is 2.51. The average Bonchev–Trinajstić information content (AvgIpc) is 3.64. The highest BCUT2D eigenvalue weighted by Crippen LogP contribution is 2.63. The number of aliphatic imine (C=N–C) groups is 1. The van der Waals surface area contributed by atoms with Crippen molar-refractivity contribution in [2.75, 3.05) is 4.90 Å². The number of anilines is 3. The number of para-hydroxylation sites is 3. The molecule has 0 saturated carbocycles. The van der Waals surface area contributed by atoms with Crippen molar-refractivity contribution < 1.29 is 0 Å². The number of allylic oxidation sites excluding steroid dienone is 1. The van der Waals surface area contributed by atoms with E-state index >= 15 is 0 Å². The molecular formula is C59H41N3. The van der Waals surface area contributed by atoms with Gasteiger partial charge in [-0.25, -0.2) is 0 Å². The first kappa shape index (κ1) is 36.9. The lowest BCUT2D eigenvalue weighted by atomic mass is 9.64. The quantitative estimate of drug-likeness (QED) is 0.153. The van der Waals surface area contributed by atoms with Gasteiger partial charge in [-0.15, -0.1) is 0 Å². The van der Waals surface area contributed by atoms with Crippen molar-refractivity contribution >= 4 is 34.7 Å². The topological polar surface area (TPSA) is 39.5 Å². The van der Waals surface area contributed by atoms with Gasteiger partial charge in [0.05, 0.1) is 28.2 Å². The average molecular weight is 792 g/mol. The molecule has 3 heteroatoms. The summed E-state index contributed by atoms with van der Waals surface area (Å²) in [6.45, 7) is 0. The molecule has 0 atom stereocenters. The van der Waals surface area contributed by atoms with Gasteiger partial charge in [0, 0.05) is 17.5 Å². The van der Waals surface area contributed by atoms with Gasteiger partial charge < -0.3 is 10.3 Å². The molecule has 292 valence electrons. The second-order valence-corrected chi connectivity index (χ2v) is 15.9. The highest BCUT2D eigenvalue weighted by atomic mass is 15.2. The van der Waals surface area contributed by atoms with E-state index in [1.54, 1.807) is 0 Å². The molecule has 0 aromatic heterocycles. The van der Waals surface area contributed by atoms with Crippen LogP contribution in [0.5, 0.6) is 0 Å². The van der Waals surface area contributed by atoms with E-state index in [0.29, 0.717) is 5.71 Å². The fourth-order valence-corrected chi connectivity index (χ4v) is 9.55. The Morgan fingerprint density at radius 1 is 0.419 bits per heavy atom. The van der Waals surface area contributed by atoms with Crippen LogP contribution in [0.15, 0.2) is 242 Å². The second kappa shape index (κ2) is 15.5. The minimum absolute atomic E-state index is 0.399. The predicted octanol–water partition coefficient (Wildman–Crippen LogP) is 14.7. The number of hydrogen-bond acceptors (Lipinski definition) is 3. The fraction of sp³-hybridized carbons (Fsp3) is 0.0169. The summed E-state index contributed by atoms with van der Waals surface area (Å²) in [5, 5.41) is 9.18. The first-order valence-corrected chi connectivity index (χ1v) is 21.1. The summed E-state index contributed by atoms with van der Waals surface area (Å²) >= 11 is 0. The van der Waals surface area contributed by atoms with Crippen molar-refractivity contribution in [3.8, 4) is 33.4 Å². The van der Waals surface area contributed by atoms with Crippen LogP contribution in [-0.4, -0.2) is 11.9 Å². The number of nitrogens with zero attached hydrogens (tertiary/aromatic N) is 2. The molecule has 1 aliphatic heterocycles. The molecular weight excluding hydrogens is 751 g/mol. The minimum atomic E-state index is -0.526. The zero-order valence-corrected chi connectivity index (χ0v) is 34.0. The summed E-state index contributed by atoms with van der Waals surface area (Å²) in [4.78, 5) is 7.41. The zero-order chi connectivity index (χ0) is 41.5. The van der Waals surface area contributed by atoms with Crippen LogP contribution >= 0.6 is 0 Å². The molecule has 2 aliphatic rings. The van der Waals surface area contributed by atoms with Crippen molar-refractivity contribution in [2.45, 2.75) is 5.41 Å². The molecule has 1 aliphatic carbocycles. The summed E-state index contributed by atoms with van der Waals surface area (Å²) in [6.07, 6.45) is 3.75. The van der Waals surface area contributed by atoms with Crippen LogP contribution in [-0.2, 0) is 5.41 Å². The number of rotatable bonds is 8. The van der Waals surface area contributed by atoms with E-state index in [9.17, 15) is 5.41 Å². The van der Waals surface area contributed by atoms with Crippen LogP contribution in [0, 0.1) is 5.41 Å². The third-order valence-corrected chi connectivity index (χ3v) is 12.4. The molecule has 62 heavy (non-hydrogen) atoms. The third-order valence-electron chi connectivity index (χ3n) is 12.4. The Morgan fingerprint density at radius 3 is 1.56 bits per heavy atom. The van der Waals surface area contributed by atoms with Crippen molar-refractivity contribution in [1.29, 1.82) is 5.41 Å². The number of nitrogens with one attached hydrogen (secondary N) is 1. The first-order chi connectivity index (χ1) is 30.7. The maximum absolute atomic E-state index is 9.18. The van der Waals surface area contributed by atoms with Crippen molar-refractivity contribution in [3.05, 3.63) is 276 Å². The molecule has 9 aromatic rings. The number of hydrogen-bond donors (Lipinski definition) is 1. The van der Waals surface area contributed by atoms with E-state index in [-0.39, 0.29) is 0 Å². The van der Waals surface area contributed by atoms with E-state index in [1.165, 1.54) is 44.8 Å². The first-order valence-electron chi connectivity index (χ1n) is 21.1. The summed E-state index contributed by atoms with van der Waals surface area (Å²) in [5.41, 5.74) is 19.1. The fourth-order valence-electron chi connectivity index (χ4n) is 9.55. The Kier molecular flexibility index (Phi) is 9.21. The van der Waals surface area contributed by atoms with E-state index in [2.05, 4.69) is 175 Å². The molecule has 0 saturated heterocycles. The Bertz CT molecular complexity index is 3120. The molecule has 1 spiro atoms. The summed E-state index contributed by atoms with van der Waals surface area (Å²) in [5.74, 6) is 0. The van der Waals surface area contributed by atoms with Crippen LogP contribution in [0.25, 0.3) is 39.1 Å². The van der Waals surface area contributed by atoms with E-state index in [1.807, 2.05) is 73.0 Å². The van der Waals surface area contributed by atoms with E-state index in [4.69, 9.17) is 4.99 Å². The van der Waals surface area contributed by atoms with Gasteiger partial charge in [0.2, 0.25) is 0 Å². The molecule has 1 heterocycles. The molecule has 0 bridgehead atoms.